The van der Waals surface area contributed by atoms with Crippen molar-refractivity contribution in [2.24, 2.45) is 5.73 Å². The Bertz CT molecular complexity index is 1580. The number of nitrogens with one attached hydrogen (secondary N) is 1. The first-order chi connectivity index (χ1) is 17.7. The summed E-state index contributed by atoms with van der Waals surface area (Å²) in [4.78, 5) is 18.3. The molecule has 0 radical (unpaired) electrons. The second kappa shape index (κ2) is 10.8. The molecule has 3 N–H and O–H groups in total. The van der Waals surface area contributed by atoms with Crippen LogP contribution in [0.1, 0.15) is 22.5 Å². The van der Waals surface area contributed by atoms with E-state index in [-0.39, 0.29) is 11.3 Å². The van der Waals surface area contributed by atoms with Gasteiger partial charge in [0, 0.05) is 19.5 Å². The number of nitriles is 1. The average molecular weight is 517 g/mol. The van der Waals surface area contributed by atoms with Crippen molar-refractivity contribution in [3.63, 3.8) is 0 Å². The largest absolute Gasteiger partial charge is 0.369 e. The molecule has 1 aromatic heterocycles. The van der Waals surface area contributed by atoms with E-state index in [0.29, 0.717) is 35.3 Å². The number of aromatic nitrogens is 2. The molecule has 0 atom stereocenters. The minimum atomic E-state index is -3.96. The van der Waals surface area contributed by atoms with Gasteiger partial charge < -0.3 is 15.2 Å². The van der Waals surface area contributed by atoms with E-state index >= 15 is 0 Å². The summed E-state index contributed by atoms with van der Waals surface area (Å²) < 4.78 is 31.1. The number of imidazole rings is 1. The fourth-order valence-electron chi connectivity index (χ4n) is 4.12. The topological polar surface area (TPSA) is 134 Å². The maximum Gasteiger partial charge on any atom is 0.262 e. The van der Waals surface area contributed by atoms with Crippen molar-refractivity contribution >= 4 is 32.7 Å². The number of nitrogens with two attached hydrogens (primary N) is 1. The van der Waals surface area contributed by atoms with E-state index in [1.807, 2.05) is 32.3 Å². The lowest BCUT2D eigenvalue weighted by Gasteiger charge is -2.14. The molecule has 1 heterocycles. The van der Waals surface area contributed by atoms with Crippen molar-refractivity contribution in [3.8, 4) is 6.07 Å². The fourth-order valence-corrected chi connectivity index (χ4v) is 5.41. The van der Waals surface area contributed by atoms with E-state index in [1.165, 1.54) is 6.07 Å². The van der Waals surface area contributed by atoms with Gasteiger partial charge in [0.15, 0.2) is 0 Å². The third-order valence-corrected chi connectivity index (χ3v) is 7.40. The van der Waals surface area contributed by atoms with Crippen molar-refractivity contribution in [2.45, 2.75) is 24.3 Å². The van der Waals surface area contributed by atoms with E-state index < -0.39 is 15.9 Å². The predicted octanol–water partition coefficient (Wildman–Crippen LogP) is 2.89. The molecule has 0 saturated heterocycles. The first kappa shape index (κ1) is 25.9. The first-order valence-electron chi connectivity index (χ1n) is 11.7. The Balaban J connectivity index is 1.68. The highest BCUT2D eigenvalue weighted by Crippen LogP contribution is 2.25. The SMILES string of the molecule is CN(C)CCn1c(Cc2ccc(C#N)cc2)nc2cc(NS(=O)(=O)c3ccccc3CC(N)=O)ccc21. The number of amides is 1. The summed E-state index contributed by atoms with van der Waals surface area (Å²) in [6, 6.07) is 21.1. The van der Waals surface area contributed by atoms with Crippen LogP contribution in [0.15, 0.2) is 71.6 Å². The summed E-state index contributed by atoms with van der Waals surface area (Å²) in [6.45, 7) is 1.51. The second-order valence-electron chi connectivity index (χ2n) is 9.03. The molecule has 9 nitrogen and oxygen atoms in total. The second-order valence-corrected chi connectivity index (χ2v) is 10.7. The van der Waals surface area contributed by atoms with Crippen LogP contribution in [0.2, 0.25) is 0 Å². The number of carbonyl (C=O) groups excluding carboxylic acids is 1. The van der Waals surface area contributed by atoms with Crippen molar-refractivity contribution in [3.05, 3.63) is 89.2 Å². The predicted molar refractivity (Wildman–Crippen MR) is 142 cm³/mol. The number of benzene rings is 3. The molecule has 0 saturated carbocycles. The number of likely N-dealkylation sites (N-methyl/N-ethyl adjacent to an activating group) is 1. The molecule has 0 aliphatic carbocycles. The van der Waals surface area contributed by atoms with Gasteiger partial charge in [-0.3, -0.25) is 9.52 Å². The van der Waals surface area contributed by atoms with Gasteiger partial charge in [-0.2, -0.15) is 5.26 Å². The molecule has 0 spiro atoms. The van der Waals surface area contributed by atoms with E-state index in [9.17, 15) is 13.2 Å². The van der Waals surface area contributed by atoms with Gasteiger partial charge in [0.05, 0.1) is 39.7 Å². The number of primary amides is 1. The van der Waals surface area contributed by atoms with Gasteiger partial charge in [-0.05, 0) is 61.6 Å². The van der Waals surface area contributed by atoms with Crippen LogP contribution < -0.4 is 10.5 Å². The third kappa shape index (κ3) is 6.14. The molecule has 190 valence electrons. The maximum absolute atomic E-state index is 13.2. The van der Waals surface area contributed by atoms with Crippen LogP contribution in [0.5, 0.6) is 0 Å². The number of sulfonamides is 1. The minimum absolute atomic E-state index is 0.00640. The Kier molecular flexibility index (Phi) is 7.57. The Morgan fingerprint density at radius 3 is 2.51 bits per heavy atom. The van der Waals surface area contributed by atoms with E-state index in [1.54, 1.807) is 42.5 Å². The van der Waals surface area contributed by atoms with Gasteiger partial charge in [0.2, 0.25) is 5.91 Å². The number of anilines is 1. The van der Waals surface area contributed by atoms with Crippen molar-refractivity contribution < 1.29 is 13.2 Å². The zero-order valence-electron chi connectivity index (χ0n) is 20.7. The molecular formula is C27H28N6O3S. The average Bonchev–Trinajstić information content (AvgIpc) is 3.18. The summed E-state index contributed by atoms with van der Waals surface area (Å²) >= 11 is 0. The smallest absolute Gasteiger partial charge is 0.262 e. The molecule has 0 aliphatic heterocycles. The number of fused-ring (bicyclic) bond motifs is 1. The number of hydrogen-bond donors (Lipinski definition) is 2. The Morgan fingerprint density at radius 1 is 1.11 bits per heavy atom. The highest BCUT2D eigenvalue weighted by Gasteiger charge is 2.20. The fraction of sp³-hybridized carbons (Fsp3) is 0.222. The molecule has 4 aromatic rings. The van der Waals surface area contributed by atoms with Crippen LogP contribution >= 0.6 is 0 Å². The highest BCUT2D eigenvalue weighted by atomic mass is 32.2. The van der Waals surface area contributed by atoms with Gasteiger partial charge in [0.1, 0.15) is 5.82 Å². The van der Waals surface area contributed by atoms with Crippen molar-refractivity contribution in [1.29, 1.82) is 5.26 Å². The van der Waals surface area contributed by atoms with Gasteiger partial charge in [-0.15, -0.1) is 0 Å². The zero-order chi connectivity index (χ0) is 26.6. The third-order valence-electron chi connectivity index (χ3n) is 5.92. The van der Waals surface area contributed by atoms with E-state index in [0.717, 1.165) is 23.4 Å². The molecule has 3 aromatic carbocycles. The number of carbonyl (C=O) groups is 1. The Morgan fingerprint density at radius 2 is 1.84 bits per heavy atom. The van der Waals surface area contributed by atoms with E-state index in [4.69, 9.17) is 16.0 Å². The molecule has 0 bridgehead atoms. The van der Waals surface area contributed by atoms with Crippen molar-refractivity contribution in [1.82, 2.24) is 14.5 Å². The molecule has 10 heteroatoms. The molecule has 4 rings (SSSR count). The molecule has 37 heavy (non-hydrogen) atoms. The zero-order valence-corrected chi connectivity index (χ0v) is 21.5. The normalized spacial score (nSPS) is 11.5. The van der Waals surface area contributed by atoms with Crippen molar-refractivity contribution in [2.75, 3.05) is 25.4 Å². The molecule has 0 aliphatic rings. The minimum Gasteiger partial charge on any atom is -0.369 e. The van der Waals surface area contributed by atoms with E-state index in [2.05, 4.69) is 20.3 Å². The van der Waals surface area contributed by atoms with Gasteiger partial charge in [-0.25, -0.2) is 13.4 Å². The van der Waals surface area contributed by atoms with Crippen LogP contribution in [-0.4, -0.2) is 49.4 Å². The van der Waals surface area contributed by atoms with Gasteiger partial charge in [-0.1, -0.05) is 30.3 Å². The summed E-state index contributed by atoms with van der Waals surface area (Å²) in [5.74, 6) is 0.232. The van der Waals surface area contributed by atoms with Crippen LogP contribution in [-0.2, 0) is 34.2 Å². The summed E-state index contributed by atoms with van der Waals surface area (Å²) in [7, 11) is 0.0411. The van der Waals surface area contributed by atoms with Gasteiger partial charge >= 0.3 is 0 Å². The van der Waals surface area contributed by atoms with Crippen LogP contribution in [0, 0.1) is 11.3 Å². The van der Waals surface area contributed by atoms with Crippen LogP contribution in [0.25, 0.3) is 11.0 Å². The van der Waals surface area contributed by atoms with Gasteiger partial charge in [0.25, 0.3) is 10.0 Å². The lowest BCUT2D eigenvalue weighted by molar-refractivity contribution is -0.117. The summed E-state index contributed by atoms with van der Waals surface area (Å²) in [5, 5.41) is 9.07. The monoisotopic (exact) mass is 516 g/mol. The standard InChI is InChI=1S/C27H28N6O3S/c1-32(2)13-14-33-24-12-11-22(31-37(35,36)25-6-4-3-5-21(25)16-26(29)34)17-23(24)30-27(33)15-19-7-9-20(18-28)10-8-19/h3-12,17,31H,13-16H2,1-2H3,(H2,29,34). The van der Waals surface area contributed by atoms with Crippen LogP contribution in [0.4, 0.5) is 5.69 Å². The number of nitrogens with zero attached hydrogens (tertiary/aromatic N) is 4. The molecule has 1 amide bonds. The molecule has 0 fully saturated rings. The Labute approximate surface area is 216 Å². The summed E-state index contributed by atoms with van der Waals surface area (Å²) in [5.41, 5.74) is 9.17. The quantitative estimate of drug-likeness (QED) is 0.333. The lowest BCUT2D eigenvalue weighted by Crippen LogP contribution is -2.20. The first-order valence-corrected chi connectivity index (χ1v) is 13.2. The lowest BCUT2D eigenvalue weighted by atomic mass is 10.1. The number of rotatable bonds is 10. The number of hydrogen-bond acceptors (Lipinski definition) is 6. The molecular weight excluding hydrogens is 488 g/mol. The molecule has 0 unspecified atom stereocenters. The highest BCUT2D eigenvalue weighted by molar-refractivity contribution is 7.92. The maximum atomic E-state index is 13.2. The Hall–Kier alpha value is -4.20. The summed E-state index contributed by atoms with van der Waals surface area (Å²) in [6.07, 6.45) is 0.389. The van der Waals surface area contributed by atoms with Crippen LogP contribution in [0.3, 0.4) is 0 Å².